The summed E-state index contributed by atoms with van der Waals surface area (Å²) in [6, 6.07) is 7.42. The summed E-state index contributed by atoms with van der Waals surface area (Å²) in [6.07, 6.45) is 1.61. The van der Waals surface area contributed by atoms with Crippen LogP contribution in [0.5, 0.6) is 11.6 Å². The Morgan fingerprint density at radius 2 is 1.87 bits per heavy atom. The van der Waals surface area contributed by atoms with E-state index in [-0.39, 0.29) is 5.82 Å². The van der Waals surface area contributed by atoms with Crippen LogP contribution in [-0.4, -0.2) is 9.97 Å². The van der Waals surface area contributed by atoms with Gasteiger partial charge in [-0.25, -0.2) is 9.37 Å². The Labute approximate surface area is 86.6 Å². The van der Waals surface area contributed by atoms with Crippen LogP contribution in [0.25, 0.3) is 0 Å². The lowest BCUT2D eigenvalue weighted by atomic mass is 10.3. The van der Waals surface area contributed by atoms with Crippen LogP contribution in [0.2, 0.25) is 0 Å². The highest BCUT2D eigenvalue weighted by Gasteiger charge is 1.99. The van der Waals surface area contributed by atoms with Crippen molar-refractivity contribution in [3.8, 4) is 11.6 Å². The van der Waals surface area contributed by atoms with Gasteiger partial charge in [0, 0.05) is 12.3 Å². The molecule has 1 aromatic carbocycles. The zero-order valence-electron chi connectivity index (χ0n) is 8.14. The molecule has 0 atom stereocenters. The van der Waals surface area contributed by atoms with E-state index in [1.165, 1.54) is 12.1 Å². The van der Waals surface area contributed by atoms with E-state index < -0.39 is 0 Å². The van der Waals surface area contributed by atoms with Crippen LogP contribution < -0.4 is 4.74 Å². The molecule has 1 aromatic heterocycles. The van der Waals surface area contributed by atoms with E-state index >= 15 is 0 Å². The highest BCUT2D eigenvalue weighted by molar-refractivity contribution is 5.26. The smallest absolute Gasteiger partial charge is 0.222 e. The Morgan fingerprint density at radius 3 is 2.53 bits per heavy atom. The quantitative estimate of drug-likeness (QED) is 0.754. The monoisotopic (exact) mass is 204 g/mol. The maximum absolute atomic E-state index is 12.6. The minimum Gasteiger partial charge on any atom is -0.439 e. The molecule has 0 aliphatic rings. The third-order valence-electron chi connectivity index (χ3n) is 1.79. The van der Waals surface area contributed by atoms with Gasteiger partial charge in [0.2, 0.25) is 5.88 Å². The fourth-order valence-corrected chi connectivity index (χ4v) is 1.11. The van der Waals surface area contributed by atoms with Crippen molar-refractivity contribution in [2.24, 2.45) is 0 Å². The number of nitrogens with zero attached hydrogens (tertiary/aromatic N) is 2. The zero-order chi connectivity index (χ0) is 10.7. The highest BCUT2D eigenvalue weighted by atomic mass is 19.1. The van der Waals surface area contributed by atoms with Crippen molar-refractivity contribution in [2.75, 3.05) is 0 Å². The van der Waals surface area contributed by atoms with E-state index in [0.29, 0.717) is 17.5 Å². The topological polar surface area (TPSA) is 35.0 Å². The number of rotatable bonds is 2. The molecule has 0 aliphatic carbocycles. The Kier molecular flexibility index (Phi) is 2.58. The van der Waals surface area contributed by atoms with E-state index in [9.17, 15) is 4.39 Å². The SMILES string of the molecule is Cc1nccc(Oc2ccc(F)cc2)n1. The van der Waals surface area contributed by atoms with E-state index in [4.69, 9.17) is 4.74 Å². The maximum atomic E-state index is 12.6. The zero-order valence-corrected chi connectivity index (χ0v) is 8.14. The predicted octanol–water partition coefficient (Wildman–Crippen LogP) is 2.72. The van der Waals surface area contributed by atoms with Gasteiger partial charge in [0.1, 0.15) is 17.4 Å². The van der Waals surface area contributed by atoms with Gasteiger partial charge in [0.15, 0.2) is 0 Å². The van der Waals surface area contributed by atoms with Crippen LogP contribution in [0.4, 0.5) is 4.39 Å². The molecule has 2 rings (SSSR count). The Hall–Kier alpha value is -1.97. The molecule has 15 heavy (non-hydrogen) atoms. The molecule has 0 bridgehead atoms. The van der Waals surface area contributed by atoms with Crippen molar-refractivity contribution in [1.29, 1.82) is 0 Å². The first-order valence-electron chi connectivity index (χ1n) is 4.47. The number of hydrogen-bond donors (Lipinski definition) is 0. The molecule has 0 aliphatic heterocycles. The average Bonchev–Trinajstić information content (AvgIpc) is 2.22. The Balaban J connectivity index is 2.18. The molecular formula is C11H9FN2O. The van der Waals surface area contributed by atoms with E-state index in [1.807, 2.05) is 0 Å². The molecule has 0 amide bonds. The van der Waals surface area contributed by atoms with Gasteiger partial charge in [-0.15, -0.1) is 0 Å². The van der Waals surface area contributed by atoms with Crippen LogP contribution in [0.15, 0.2) is 36.5 Å². The average molecular weight is 204 g/mol. The van der Waals surface area contributed by atoms with E-state index in [2.05, 4.69) is 9.97 Å². The fraction of sp³-hybridized carbons (Fsp3) is 0.0909. The van der Waals surface area contributed by atoms with Gasteiger partial charge in [-0.3, -0.25) is 0 Å². The normalized spacial score (nSPS) is 10.0. The number of aryl methyl sites for hydroxylation is 1. The molecule has 0 unspecified atom stereocenters. The number of hydrogen-bond acceptors (Lipinski definition) is 3. The second kappa shape index (κ2) is 4.04. The minimum absolute atomic E-state index is 0.291. The molecule has 0 fully saturated rings. The number of aromatic nitrogens is 2. The number of benzene rings is 1. The first-order chi connectivity index (χ1) is 7.24. The lowest BCUT2D eigenvalue weighted by Crippen LogP contribution is -1.91. The maximum Gasteiger partial charge on any atom is 0.222 e. The summed E-state index contributed by atoms with van der Waals surface area (Å²) in [4.78, 5) is 8.01. The van der Waals surface area contributed by atoms with Crippen LogP contribution in [0, 0.1) is 12.7 Å². The molecule has 4 heteroatoms. The van der Waals surface area contributed by atoms with Crippen LogP contribution in [0.3, 0.4) is 0 Å². The summed E-state index contributed by atoms with van der Waals surface area (Å²) in [7, 11) is 0. The van der Waals surface area contributed by atoms with Crippen molar-refractivity contribution < 1.29 is 9.13 Å². The lowest BCUT2D eigenvalue weighted by molar-refractivity contribution is 0.458. The molecular weight excluding hydrogens is 195 g/mol. The number of halogens is 1. The summed E-state index contributed by atoms with van der Waals surface area (Å²) in [5, 5.41) is 0. The van der Waals surface area contributed by atoms with Crippen LogP contribution >= 0.6 is 0 Å². The molecule has 0 N–H and O–H groups in total. The van der Waals surface area contributed by atoms with Crippen molar-refractivity contribution in [3.63, 3.8) is 0 Å². The second-order valence-corrected chi connectivity index (χ2v) is 3.00. The van der Waals surface area contributed by atoms with Crippen LogP contribution in [0.1, 0.15) is 5.82 Å². The standard InChI is InChI=1S/C11H9FN2O/c1-8-13-7-6-11(14-8)15-10-4-2-9(12)3-5-10/h2-7H,1H3. The van der Waals surface area contributed by atoms with Gasteiger partial charge in [-0.05, 0) is 31.2 Å². The lowest BCUT2D eigenvalue weighted by Gasteiger charge is -2.04. The molecule has 2 aromatic rings. The summed E-state index contributed by atoms with van der Waals surface area (Å²) >= 11 is 0. The van der Waals surface area contributed by atoms with Gasteiger partial charge in [-0.2, -0.15) is 4.98 Å². The third-order valence-corrected chi connectivity index (χ3v) is 1.79. The van der Waals surface area contributed by atoms with Gasteiger partial charge >= 0.3 is 0 Å². The van der Waals surface area contributed by atoms with Crippen molar-refractivity contribution in [3.05, 3.63) is 48.2 Å². The summed E-state index contributed by atoms with van der Waals surface area (Å²) in [6.45, 7) is 1.78. The molecule has 1 heterocycles. The summed E-state index contributed by atoms with van der Waals surface area (Å²) < 4.78 is 18.0. The summed E-state index contributed by atoms with van der Waals surface area (Å²) in [5.74, 6) is 1.35. The number of ether oxygens (including phenoxy) is 1. The minimum atomic E-state index is -0.291. The molecule has 76 valence electrons. The Bertz CT molecular complexity index is 456. The second-order valence-electron chi connectivity index (χ2n) is 3.00. The van der Waals surface area contributed by atoms with Gasteiger partial charge in [0.05, 0.1) is 0 Å². The molecule has 0 spiro atoms. The highest BCUT2D eigenvalue weighted by Crippen LogP contribution is 2.18. The summed E-state index contributed by atoms with van der Waals surface area (Å²) in [5.41, 5.74) is 0. The first kappa shape index (κ1) is 9.58. The van der Waals surface area contributed by atoms with Gasteiger partial charge < -0.3 is 4.74 Å². The first-order valence-corrected chi connectivity index (χ1v) is 4.47. The fourth-order valence-electron chi connectivity index (χ4n) is 1.11. The third kappa shape index (κ3) is 2.49. The molecule has 0 saturated heterocycles. The van der Waals surface area contributed by atoms with Crippen LogP contribution in [-0.2, 0) is 0 Å². The van der Waals surface area contributed by atoms with Crippen molar-refractivity contribution >= 4 is 0 Å². The molecule has 0 saturated carbocycles. The molecule has 3 nitrogen and oxygen atoms in total. The predicted molar refractivity (Wildman–Crippen MR) is 53.2 cm³/mol. The van der Waals surface area contributed by atoms with E-state index in [0.717, 1.165) is 0 Å². The van der Waals surface area contributed by atoms with Crippen molar-refractivity contribution in [1.82, 2.24) is 9.97 Å². The Morgan fingerprint density at radius 1 is 1.13 bits per heavy atom. The largest absolute Gasteiger partial charge is 0.439 e. The van der Waals surface area contributed by atoms with E-state index in [1.54, 1.807) is 31.3 Å². The van der Waals surface area contributed by atoms with Crippen molar-refractivity contribution in [2.45, 2.75) is 6.92 Å². The molecule has 0 radical (unpaired) electrons. The van der Waals surface area contributed by atoms with Gasteiger partial charge in [-0.1, -0.05) is 0 Å². The van der Waals surface area contributed by atoms with Gasteiger partial charge in [0.25, 0.3) is 0 Å².